The van der Waals surface area contributed by atoms with Crippen LogP contribution in [0.4, 0.5) is 4.39 Å². The average molecular weight is 293 g/mol. The fourth-order valence-corrected chi connectivity index (χ4v) is 2.37. The highest BCUT2D eigenvalue weighted by Crippen LogP contribution is 2.06. The number of nitrogens with zero attached hydrogens (tertiary/aromatic N) is 1. The second kappa shape index (κ2) is 7.17. The van der Waals surface area contributed by atoms with Crippen LogP contribution in [0.15, 0.2) is 24.3 Å². The van der Waals surface area contributed by atoms with Crippen LogP contribution >= 0.6 is 0 Å². The van der Waals surface area contributed by atoms with E-state index in [1.165, 1.54) is 12.1 Å². The quantitative estimate of drug-likeness (QED) is 0.821. The Balaban J connectivity index is 1.76. The summed E-state index contributed by atoms with van der Waals surface area (Å²) in [5.74, 6) is -0.770. The minimum Gasteiger partial charge on any atom is -0.347 e. The smallest absolute Gasteiger partial charge is 0.242 e. The van der Waals surface area contributed by atoms with E-state index in [4.69, 9.17) is 0 Å². The molecular formula is C15H20FN3O2. The summed E-state index contributed by atoms with van der Waals surface area (Å²) >= 11 is 0. The number of hydrogen-bond acceptors (Lipinski definition) is 3. The highest BCUT2D eigenvalue weighted by Gasteiger charge is 2.23. The second-order valence-corrected chi connectivity index (χ2v) is 5.23. The van der Waals surface area contributed by atoms with Crippen LogP contribution in [-0.4, -0.2) is 49.4 Å². The lowest BCUT2D eigenvalue weighted by molar-refractivity contribution is -0.133. The molecule has 0 bridgehead atoms. The number of amides is 2. The summed E-state index contributed by atoms with van der Waals surface area (Å²) in [6.45, 7) is 1.68. The van der Waals surface area contributed by atoms with Gasteiger partial charge in [0.25, 0.3) is 0 Å². The van der Waals surface area contributed by atoms with Crippen LogP contribution in [0.25, 0.3) is 0 Å². The normalized spacial score (nSPS) is 17.5. The van der Waals surface area contributed by atoms with Gasteiger partial charge < -0.3 is 15.5 Å². The molecule has 1 fully saturated rings. The maximum Gasteiger partial charge on any atom is 0.242 e. The van der Waals surface area contributed by atoms with Crippen molar-refractivity contribution >= 4 is 11.8 Å². The highest BCUT2D eigenvalue weighted by atomic mass is 19.1. The van der Waals surface area contributed by atoms with Crippen LogP contribution in [0.2, 0.25) is 0 Å². The number of carbonyl (C=O) groups excluding carboxylic acids is 2. The lowest BCUT2D eigenvalue weighted by Gasteiger charge is -2.23. The van der Waals surface area contributed by atoms with Crippen LogP contribution in [0.1, 0.15) is 12.0 Å². The summed E-state index contributed by atoms with van der Waals surface area (Å²) in [4.78, 5) is 25.4. The molecule has 1 aliphatic rings. The minimum atomic E-state index is -0.371. The lowest BCUT2D eigenvalue weighted by atomic mass is 10.1. The predicted molar refractivity (Wildman–Crippen MR) is 77.2 cm³/mol. The molecule has 5 nitrogen and oxygen atoms in total. The van der Waals surface area contributed by atoms with Gasteiger partial charge >= 0.3 is 0 Å². The van der Waals surface area contributed by atoms with Crippen molar-refractivity contribution in [1.29, 1.82) is 0 Å². The Morgan fingerprint density at radius 1 is 1.48 bits per heavy atom. The summed E-state index contributed by atoms with van der Waals surface area (Å²) in [6.07, 6.45) is 0.999. The molecule has 1 heterocycles. The maximum atomic E-state index is 13.0. The summed E-state index contributed by atoms with van der Waals surface area (Å²) in [5.41, 5.74) is 0.591. The van der Waals surface area contributed by atoms with E-state index < -0.39 is 0 Å². The third kappa shape index (κ3) is 4.53. The first-order valence-corrected chi connectivity index (χ1v) is 7.04. The molecule has 1 unspecified atom stereocenters. The van der Waals surface area contributed by atoms with Gasteiger partial charge in [-0.3, -0.25) is 9.59 Å². The van der Waals surface area contributed by atoms with Crippen molar-refractivity contribution < 1.29 is 14.0 Å². The first kappa shape index (κ1) is 15.4. The second-order valence-electron chi connectivity index (χ2n) is 5.23. The molecule has 0 saturated carbocycles. The van der Waals surface area contributed by atoms with Gasteiger partial charge in [-0.25, -0.2) is 4.39 Å². The summed E-state index contributed by atoms with van der Waals surface area (Å²) < 4.78 is 13.0. The first-order valence-electron chi connectivity index (χ1n) is 7.04. The zero-order valence-corrected chi connectivity index (χ0v) is 12.1. The third-order valence-corrected chi connectivity index (χ3v) is 3.67. The van der Waals surface area contributed by atoms with Crippen LogP contribution in [0.3, 0.4) is 0 Å². The molecule has 1 aromatic rings. The van der Waals surface area contributed by atoms with Crippen molar-refractivity contribution in [2.75, 3.05) is 26.7 Å². The Hall–Kier alpha value is -1.95. The SMILES string of the molecule is CN(C(=O)CNC(=O)Cc1cccc(F)c1)C1CCNC1. The molecule has 1 atom stereocenters. The number of halogens is 1. The number of rotatable bonds is 5. The molecule has 2 rings (SSSR count). The number of nitrogens with one attached hydrogen (secondary N) is 2. The maximum absolute atomic E-state index is 13.0. The van der Waals surface area contributed by atoms with Gasteiger partial charge in [-0.1, -0.05) is 12.1 Å². The van der Waals surface area contributed by atoms with E-state index in [1.54, 1.807) is 24.1 Å². The van der Waals surface area contributed by atoms with E-state index in [9.17, 15) is 14.0 Å². The molecule has 2 N–H and O–H groups in total. The fraction of sp³-hybridized carbons (Fsp3) is 0.467. The van der Waals surface area contributed by atoms with Crippen LogP contribution < -0.4 is 10.6 Å². The number of carbonyl (C=O) groups is 2. The standard InChI is InChI=1S/C15H20FN3O2/c1-19(13-5-6-17-9-13)15(21)10-18-14(20)8-11-3-2-4-12(16)7-11/h2-4,7,13,17H,5-6,8-10H2,1H3,(H,18,20). The summed E-state index contributed by atoms with van der Waals surface area (Å²) in [6, 6.07) is 6.08. The number of likely N-dealkylation sites (N-methyl/N-ethyl adjacent to an activating group) is 1. The van der Waals surface area contributed by atoms with E-state index in [1.807, 2.05) is 0 Å². The third-order valence-electron chi connectivity index (χ3n) is 3.67. The molecule has 2 amide bonds. The molecule has 114 valence electrons. The Labute approximate surface area is 123 Å². The van der Waals surface area contributed by atoms with E-state index in [-0.39, 0.29) is 36.6 Å². The zero-order valence-electron chi connectivity index (χ0n) is 12.1. The molecule has 0 aliphatic carbocycles. The lowest BCUT2D eigenvalue weighted by Crippen LogP contribution is -2.44. The monoisotopic (exact) mass is 293 g/mol. The molecule has 1 aromatic carbocycles. The number of benzene rings is 1. The van der Waals surface area contributed by atoms with Gasteiger partial charge in [-0.15, -0.1) is 0 Å². The van der Waals surface area contributed by atoms with Crippen molar-refractivity contribution in [2.24, 2.45) is 0 Å². The van der Waals surface area contributed by atoms with Crippen molar-refractivity contribution in [2.45, 2.75) is 18.9 Å². The van der Waals surface area contributed by atoms with Crippen LogP contribution in [-0.2, 0) is 16.0 Å². The van der Waals surface area contributed by atoms with Crippen molar-refractivity contribution in [1.82, 2.24) is 15.5 Å². The van der Waals surface area contributed by atoms with Crippen LogP contribution in [0, 0.1) is 5.82 Å². The van der Waals surface area contributed by atoms with Crippen molar-refractivity contribution in [3.8, 4) is 0 Å². The van der Waals surface area contributed by atoms with Gasteiger partial charge in [-0.05, 0) is 30.7 Å². The minimum absolute atomic E-state index is 0.0266. The highest BCUT2D eigenvalue weighted by molar-refractivity contribution is 5.85. The van der Waals surface area contributed by atoms with Gasteiger partial charge in [0.15, 0.2) is 0 Å². The fourth-order valence-electron chi connectivity index (χ4n) is 2.37. The molecule has 1 saturated heterocycles. The molecule has 0 aromatic heterocycles. The largest absolute Gasteiger partial charge is 0.347 e. The van der Waals surface area contributed by atoms with Gasteiger partial charge in [0.1, 0.15) is 5.82 Å². The Kier molecular flexibility index (Phi) is 5.27. The van der Waals surface area contributed by atoms with Crippen LogP contribution in [0.5, 0.6) is 0 Å². The Morgan fingerprint density at radius 3 is 2.95 bits per heavy atom. The van der Waals surface area contributed by atoms with E-state index in [2.05, 4.69) is 10.6 Å². The van der Waals surface area contributed by atoms with Crippen molar-refractivity contribution in [3.05, 3.63) is 35.6 Å². The molecule has 0 radical (unpaired) electrons. The molecule has 6 heteroatoms. The van der Waals surface area contributed by atoms with Crippen molar-refractivity contribution in [3.63, 3.8) is 0 Å². The number of hydrogen-bond donors (Lipinski definition) is 2. The molecule has 1 aliphatic heterocycles. The first-order chi connectivity index (χ1) is 10.1. The van der Waals surface area contributed by atoms with E-state index in [0.29, 0.717) is 5.56 Å². The van der Waals surface area contributed by atoms with Gasteiger partial charge in [0.05, 0.1) is 13.0 Å². The van der Waals surface area contributed by atoms with E-state index in [0.717, 1.165) is 19.5 Å². The Bertz CT molecular complexity index is 515. The summed E-state index contributed by atoms with van der Waals surface area (Å²) in [5, 5.41) is 5.78. The Morgan fingerprint density at radius 2 is 2.29 bits per heavy atom. The predicted octanol–water partition coefficient (Wildman–Crippen LogP) is 0.305. The van der Waals surface area contributed by atoms with Gasteiger partial charge in [0, 0.05) is 19.6 Å². The molecular weight excluding hydrogens is 273 g/mol. The topological polar surface area (TPSA) is 61.4 Å². The average Bonchev–Trinajstić information content (AvgIpc) is 2.98. The van der Waals surface area contributed by atoms with E-state index >= 15 is 0 Å². The molecule has 21 heavy (non-hydrogen) atoms. The summed E-state index contributed by atoms with van der Waals surface area (Å²) in [7, 11) is 1.75. The molecule has 0 spiro atoms. The van der Waals surface area contributed by atoms with Gasteiger partial charge in [-0.2, -0.15) is 0 Å². The van der Waals surface area contributed by atoms with Gasteiger partial charge in [0.2, 0.25) is 11.8 Å². The zero-order chi connectivity index (χ0) is 15.2.